The average Bonchev–Trinajstić information content (AvgIpc) is 2.90. The number of fused-ring (bicyclic) bond motifs is 5. The van der Waals surface area contributed by atoms with Crippen molar-refractivity contribution < 1.29 is 28.6 Å². The van der Waals surface area contributed by atoms with Crippen LogP contribution in [0.3, 0.4) is 0 Å². The van der Waals surface area contributed by atoms with E-state index in [4.69, 9.17) is 4.74 Å². The smallest absolute Gasteiger partial charge is 0.303 e. The largest absolute Gasteiger partial charge is 0.450 e. The lowest BCUT2D eigenvalue weighted by atomic mass is 9.50. The van der Waals surface area contributed by atoms with Gasteiger partial charge in [0, 0.05) is 30.1 Å². The summed E-state index contributed by atoms with van der Waals surface area (Å²) in [6.07, 6.45) is 4.85. The lowest BCUT2D eigenvalue weighted by Gasteiger charge is -2.55. The fraction of sp³-hybridized carbons (Fsp3) is 0.708. The van der Waals surface area contributed by atoms with E-state index in [9.17, 15) is 19.5 Å². The molecule has 0 aromatic rings. The van der Waals surface area contributed by atoms with Crippen molar-refractivity contribution in [3.05, 3.63) is 23.3 Å². The molecule has 0 unspecified atom stereocenters. The van der Waals surface area contributed by atoms with Crippen LogP contribution < -0.4 is 0 Å². The van der Waals surface area contributed by atoms with E-state index in [0.717, 1.165) is 0 Å². The van der Waals surface area contributed by atoms with Crippen molar-refractivity contribution in [2.45, 2.75) is 71.6 Å². The van der Waals surface area contributed by atoms with Crippen molar-refractivity contribution >= 4 is 17.5 Å². The zero-order valence-corrected chi connectivity index (χ0v) is 18.2. The number of allylic oxidation sites excluding steroid dienone is 4. The highest BCUT2D eigenvalue weighted by atomic mass is 19.1. The van der Waals surface area contributed by atoms with Crippen molar-refractivity contribution in [1.82, 2.24) is 0 Å². The number of halogens is 1. The summed E-state index contributed by atoms with van der Waals surface area (Å²) in [5.41, 5.74) is -0.845. The minimum Gasteiger partial charge on any atom is -0.450 e. The Morgan fingerprint density at radius 1 is 1.27 bits per heavy atom. The second-order valence-corrected chi connectivity index (χ2v) is 10.1. The maximum atomic E-state index is 15.4. The molecule has 4 rings (SSSR count). The number of hydrogen-bond donors (Lipinski definition) is 1. The van der Waals surface area contributed by atoms with Crippen LogP contribution in [0.15, 0.2) is 23.3 Å². The summed E-state index contributed by atoms with van der Waals surface area (Å²) >= 11 is 0. The summed E-state index contributed by atoms with van der Waals surface area (Å²) in [7, 11) is 0. The van der Waals surface area contributed by atoms with Crippen molar-refractivity contribution in [2.24, 2.45) is 28.6 Å². The predicted molar refractivity (Wildman–Crippen MR) is 108 cm³/mol. The van der Waals surface area contributed by atoms with Crippen molar-refractivity contribution in [3.63, 3.8) is 0 Å². The zero-order valence-electron chi connectivity index (χ0n) is 18.2. The molecule has 7 atom stereocenters. The maximum absolute atomic E-state index is 15.4. The minimum absolute atomic E-state index is 0.0123. The van der Waals surface area contributed by atoms with E-state index in [-0.39, 0.29) is 30.0 Å². The Hall–Kier alpha value is -1.82. The Labute approximate surface area is 176 Å². The van der Waals surface area contributed by atoms with Gasteiger partial charge in [0.1, 0.15) is 12.8 Å². The predicted octanol–water partition coefficient (Wildman–Crippen LogP) is 3.50. The van der Waals surface area contributed by atoms with E-state index in [2.05, 4.69) is 6.08 Å². The van der Waals surface area contributed by atoms with Crippen LogP contribution in [-0.2, 0) is 19.1 Å². The van der Waals surface area contributed by atoms with Gasteiger partial charge in [0.2, 0.25) is 5.78 Å². The Morgan fingerprint density at radius 3 is 2.60 bits per heavy atom. The molecule has 6 heteroatoms. The van der Waals surface area contributed by atoms with Crippen LogP contribution in [0.2, 0.25) is 0 Å². The molecule has 0 amide bonds. The molecule has 0 aliphatic heterocycles. The van der Waals surface area contributed by atoms with E-state index in [1.165, 1.54) is 18.6 Å². The monoisotopic (exact) mass is 418 g/mol. The number of carbonyl (C=O) groups excluding carboxylic acids is 3. The summed E-state index contributed by atoms with van der Waals surface area (Å²) in [5.74, 6) is -1.44. The SMILES string of the molecule is CC(=O)O[C@]1(C(=O)CO)[C@H](C)C[C@@H]2[C@@H]3C[C@H](F)C4=CC(=O)CC[C@]4(C)C3=CC[C@@]21C. The van der Waals surface area contributed by atoms with Crippen molar-refractivity contribution in [3.8, 4) is 0 Å². The highest BCUT2D eigenvalue weighted by Gasteiger charge is 2.70. The molecule has 164 valence electrons. The van der Waals surface area contributed by atoms with Gasteiger partial charge in [0.15, 0.2) is 11.4 Å². The Morgan fingerprint density at radius 2 is 1.97 bits per heavy atom. The van der Waals surface area contributed by atoms with E-state index in [0.29, 0.717) is 31.3 Å². The van der Waals surface area contributed by atoms with Crippen molar-refractivity contribution in [1.29, 1.82) is 0 Å². The third-order valence-electron chi connectivity index (χ3n) is 8.72. The topological polar surface area (TPSA) is 80.7 Å². The third kappa shape index (κ3) is 2.58. The van der Waals surface area contributed by atoms with E-state index in [1.807, 2.05) is 20.8 Å². The van der Waals surface area contributed by atoms with Crippen LogP contribution in [0.5, 0.6) is 0 Å². The molecule has 0 radical (unpaired) electrons. The normalized spacial score (nSPS) is 44.9. The Bertz CT molecular complexity index is 875. The van der Waals surface area contributed by atoms with Gasteiger partial charge in [-0.2, -0.15) is 0 Å². The lowest BCUT2D eigenvalue weighted by molar-refractivity contribution is -0.188. The van der Waals surface area contributed by atoms with Crippen LogP contribution in [0.4, 0.5) is 4.39 Å². The number of rotatable bonds is 3. The molecule has 0 heterocycles. The highest BCUT2D eigenvalue weighted by molar-refractivity contribution is 5.93. The van der Waals surface area contributed by atoms with Gasteiger partial charge in [-0.05, 0) is 49.2 Å². The second kappa shape index (κ2) is 6.84. The molecule has 4 aliphatic rings. The molecule has 4 aliphatic carbocycles. The molecular formula is C24H31FO5. The number of Topliss-reactive ketones (excluding diaryl/α,β-unsaturated/α-hetero) is 1. The number of carbonyl (C=O) groups is 3. The van der Waals surface area contributed by atoms with Gasteiger partial charge in [-0.3, -0.25) is 14.4 Å². The quantitative estimate of drug-likeness (QED) is 0.561. The van der Waals surface area contributed by atoms with Gasteiger partial charge in [0.05, 0.1) is 0 Å². The van der Waals surface area contributed by atoms with E-state index >= 15 is 4.39 Å². The number of ketones is 2. The van der Waals surface area contributed by atoms with Gasteiger partial charge in [-0.25, -0.2) is 4.39 Å². The van der Waals surface area contributed by atoms with Gasteiger partial charge in [-0.1, -0.05) is 32.4 Å². The van der Waals surface area contributed by atoms with Crippen LogP contribution in [0.1, 0.15) is 59.8 Å². The number of alkyl halides is 1. The molecule has 30 heavy (non-hydrogen) atoms. The number of esters is 1. The van der Waals surface area contributed by atoms with Gasteiger partial charge in [-0.15, -0.1) is 0 Å². The maximum Gasteiger partial charge on any atom is 0.303 e. The first-order valence-electron chi connectivity index (χ1n) is 10.9. The molecule has 2 saturated carbocycles. The number of aliphatic hydroxyl groups is 1. The van der Waals surface area contributed by atoms with Gasteiger partial charge >= 0.3 is 5.97 Å². The molecule has 0 saturated heterocycles. The Balaban J connectivity index is 1.84. The zero-order chi connectivity index (χ0) is 22.1. The van der Waals surface area contributed by atoms with E-state index < -0.39 is 41.0 Å². The van der Waals surface area contributed by atoms with Crippen LogP contribution in [0, 0.1) is 28.6 Å². The standard InChI is InChI=1S/C24H31FO5/c1-13-9-18-16-11-20(25)19-10-15(28)5-7-22(19,3)17(16)6-8-23(18,4)24(13,21(29)12-26)30-14(2)27/h6,10,13,16,18,20,26H,5,7-9,11-12H2,1-4H3/t13-,16-,18-,20+,22-,23+,24+/m1/s1. The molecular weight excluding hydrogens is 387 g/mol. The van der Waals surface area contributed by atoms with Gasteiger partial charge < -0.3 is 9.84 Å². The first-order valence-corrected chi connectivity index (χ1v) is 10.9. The minimum atomic E-state index is -1.41. The number of ether oxygens (including phenoxy) is 1. The highest BCUT2D eigenvalue weighted by Crippen LogP contribution is 2.68. The number of hydrogen-bond acceptors (Lipinski definition) is 5. The average molecular weight is 419 g/mol. The fourth-order valence-corrected chi connectivity index (χ4v) is 7.40. The van der Waals surface area contributed by atoms with Crippen LogP contribution in [0.25, 0.3) is 0 Å². The summed E-state index contributed by atoms with van der Waals surface area (Å²) in [5, 5.41) is 9.73. The molecule has 5 nitrogen and oxygen atoms in total. The van der Waals surface area contributed by atoms with Gasteiger partial charge in [0.25, 0.3) is 0 Å². The third-order valence-corrected chi connectivity index (χ3v) is 8.72. The summed E-state index contributed by atoms with van der Waals surface area (Å²) < 4.78 is 21.1. The van der Waals surface area contributed by atoms with Crippen LogP contribution >= 0.6 is 0 Å². The van der Waals surface area contributed by atoms with Crippen molar-refractivity contribution in [2.75, 3.05) is 6.61 Å². The number of aliphatic hydroxyl groups excluding tert-OH is 1. The summed E-state index contributed by atoms with van der Waals surface area (Å²) in [6, 6.07) is 0. The molecule has 0 bridgehead atoms. The van der Waals surface area contributed by atoms with E-state index in [1.54, 1.807) is 0 Å². The molecule has 2 fully saturated rings. The molecule has 0 aromatic heterocycles. The second-order valence-electron chi connectivity index (χ2n) is 10.1. The fourth-order valence-electron chi connectivity index (χ4n) is 7.40. The summed E-state index contributed by atoms with van der Waals surface area (Å²) in [4.78, 5) is 37.0. The molecule has 1 N–H and O–H groups in total. The summed E-state index contributed by atoms with van der Waals surface area (Å²) in [6.45, 7) is 6.47. The Kier molecular flexibility index (Phi) is 4.88. The van der Waals surface area contributed by atoms with Crippen LogP contribution in [-0.4, -0.2) is 41.0 Å². The molecule has 0 aromatic carbocycles. The lowest BCUT2D eigenvalue weighted by Crippen LogP contribution is -2.60. The molecule has 0 spiro atoms. The first kappa shape index (κ1) is 21.4. The first-order chi connectivity index (χ1) is 14.0.